The van der Waals surface area contributed by atoms with Gasteiger partial charge in [-0.15, -0.1) is 0 Å². The molecule has 0 aromatic carbocycles. The summed E-state index contributed by atoms with van der Waals surface area (Å²) in [5.41, 5.74) is 0.589. The van der Waals surface area contributed by atoms with E-state index in [9.17, 15) is 4.79 Å². The van der Waals surface area contributed by atoms with Gasteiger partial charge in [0, 0.05) is 71.8 Å². The maximum Gasteiger partial charge on any atom is 0.265 e. The van der Waals surface area contributed by atoms with Crippen LogP contribution in [0.2, 0.25) is 0 Å². The van der Waals surface area contributed by atoms with Gasteiger partial charge >= 0.3 is 0 Å². The Labute approximate surface area is 162 Å². The van der Waals surface area contributed by atoms with E-state index in [0.717, 1.165) is 45.2 Å². The van der Waals surface area contributed by atoms with E-state index in [1.807, 2.05) is 13.1 Å². The Morgan fingerprint density at radius 1 is 1.00 bits per heavy atom. The van der Waals surface area contributed by atoms with Crippen molar-refractivity contribution < 1.29 is 0 Å². The molecule has 0 saturated carbocycles. The smallest absolute Gasteiger partial charge is 0.265 e. The van der Waals surface area contributed by atoms with Crippen LogP contribution >= 0.6 is 0 Å². The molecule has 28 heavy (non-hydrogen) atoms. The number of anilines is 2. The fourth-order valence-corrected chi connectivity index (χ4v) is 4.03. The number of hydrogen-bond acceptors (Lipinski definition) is 8. The number of piperazine rings is 1. The molecule has 0 aliphatic carbocycles. The SMILES string of the molecule is Cn1c(N2CC(N3CCN(c4ncccn4)CC3)C2)nc2c(cnn2C)c1=O. The normalized spacial score (nSPS) is 18.6. The third-order valence-corrected chi connectivity index (χ3v) is 5.76. The third-order valence-electron chi connectivity index (χ3n) is 5.76. The molecule has 2 fully saturated rings. The average Bonchev–Trinajstić information content (AvgIpc) is 3.06. The van der Waals surface area contributed by atoms with Crippen molar-refractivity contribution in [2.45, 2.75) is 6.04 Å². The number of hydrogen-bond donors (Lipinski definition) is 0. The highest BCUT2D eigenvalue weighted by Gasteiger charge is 2.36. The molecular weight excluding hydrogens is 358 g/mol. The molecule has 2 aliphatic rings. The zero-order valence-corrected chi connectivity index (χ0v) is 16.1. The van der Waals surface area contributed by atoms with E-state index < -0.39 is 0 Å². The summed E-state index contributed by atoms with van der Waals surface area (Å²) in [5.74, 6) is 1.52. The Hall–Kier alpha value is -3.01. The van der Waals surface area contributed by atoms with E-state index in [2.05, 4.69) is 29.8 Å². The molecule has 3 aromatic rings. The van der Waals surface area contributed by atoms with E-state index in [4.69, 9.17) is 4.98 Å². The lowest BCUT2D eigenvalue weighted by atomic mass is 10.1. The van der Waals surface area contributed by atoms with Gasteiger partial charge in [-0.3, -0.25) is 18.9 Å². The summed E-state index contributed by atoms with van der Waals surface area (Å²) in [6.45, 7) is 5.60. The summed E-state index contributed by atoms with van der Waals surface area (Å²) in [5, 5.41) is 4.72. The predicted molar refractivity (Wildman–Crippen MR) is 106 cm³/mol. The maximum atomic E-state index is 12.6. The first kappa shape index (κ1) is 17.1. The Balaban J connectivity index is 1.25. The van der Waals surface area contributed by atoms with Crippen LogP contribution in [-0.4, -0.2) is 79.5 Å². The maximum absolute atomic E-state index is 12.6. The van der Waals surface area contributed by atoms with Gasteiger partial charge in [0.25, 0.3) is 5.56 Å². The molecule has 5 rings (SSSR count). The van der Waals surface area contributed by atoms with Crippen LogP contribution in [0.15, 0.2) is 29.5 Å². The molecule has 0 amide bonds. The van der Waals surface area contributed by atoms with Gasteiger partial charge in [0.1, 0.15) is 5.39 Å². The molecule has 3 aromatic heterocycles. The van der Waals surface area contributed by atoms with Gasteiger partial charge in [0.15, 0.2) is 5.65 Å². The van der Waals surface area contributed by atoms with Gasteiger partial charge in [0.2, 0.25) is 11.9 Å². The molecule has 0 unspecified atom stereocenters. The van der Waals surface area contributed by atoms with Gasteiger partial charge in [-0.2, -0.15) is 10.1 Å². The molecule has 10 nitrogen and oxygen atoms in total. The van der Waals surface area contributed by atoms with Crippen molar-refractivity contribution in [1.82, 2.24) is 34.2 Å². The van der Waals surface area contributed by atoms with Crippen molar-refractivity contribution in [2.24, 2.45) is 14.1 Å². The number of aromatic nitrogens is 6. The van der Waals surface area contributed by atoms with Gasteiger partial charge in [-0.25, -0.2) is 9.97 Å². The van der Waals surface area contributed by atoms with Gasteiger partial charge in [-0.1, -0.05) is 0 Å². The second-order valence-corrected chi connectivity index (χ2v) is 7.41. The van der Waals surface area contributed by atoms with Crippen molar-refractivity contribution in [2.75, 3.05) is 49.1 Å². The zero-order chi connectivity index (χ0) is 19.3. The van der Waals surface area contributed by atoms with E-state index in [0.29, 0.717) is 23.0 Å². The fourth-order valence-electron chi connectivity index (χ4n) is 4.03. The zero-order valence-electron chi connectivity index (χ0n) is 16.1. The average molecular weight is 381 g/mol. The summed E-state index contributed by atoms with van der Waals surface area (Å²) in [4.78, 5) is 32.9. The van der Waals surface area contributed by atoms with Crippen LogP contribution in [0.1, 0.15) is 0 Å². The molecule has 10 heteroatoms. The molecule has 2 saturated heterocycles. The first-order valence-electron chi connectivity index (χ1n) is 9.51. The summed E-state index contributed by atoms with van der Waals surface area (Å²) >= 11 is 0. The van der Waals surface area contributed by atoms with Gasteiger partial charge in [-0.05, 0) is 6.07 Å². The van der Waals surface area contributed by atoms with Crippen LogP contribution in [0.25, 0.3) is 11.0 Å². The Bertz CT molecular complexity index is 1050. The minimum Gasteiger partial charge on any atom is -0.339 e. The van der Waals surface area contributed by atoms with E-state index in [-0.39, 0.29) is 5.56 Å². The summed E-state index contributed by atoms with van der Waals surface area (Å²) < 4.78 is 3.29. The monoisotopic (exact) mass is 381 g/mol. The van der Waals surface area contributed by atoms with Crippen molar-refractivity contribution in [3.63, 3.8) is 0 Å². The lowest BCUT2D eigenvalue weighted by Gasteiger charge is -2.48. The lowest BCUT2D eigenvalue weighted by molar-refractivity contribution is 0.155. The minimum atomic E-state index is -0.0481. The van der Waals surface area contributed by atoms with Crippen LogP contribution in [0.3, 0.4) is 0 Å². The second-order valence-electron chi connectivity index (χ2n) is 7.41. The predicted octanol–water partition coefficient (Wildman–Crippen LogP) is -0.532. The first-order valence-corrected chi connectivity index (χ1v) is 9.51. The van der Waals surface area contributed by atoms with Crippen molar-refractivity contribution in [1.29, 1.82) is 0 Å². The summed E-state index contributed by atoms with van der Waals surface area (Å²) in [6.07, 6.45) is 5.16. The largest absolute Gasteiger partial charge is 0.339 e. The van der Waals surface area contributed by atoms with Crippen LogP contribution in [0.4, 0.5) is 11.9 Å². The molecule has 2 aliphatic heterocycles. The summed E-state index contributed by atoms with van der Waals surface area (Å²) in [7, 11) is 3.59. The van der Waals surface area contributed by atoms with Crippen LogP contribution in [-0.2, 0) is 14.1 Å². The number of nitrogens with zero attached hydrogens (tertiary/aromatic N) is 9. The molecule has 0 spiro atoms. The minimum absolute atomic E-state index is 0.0481. The molecule has 5 heterocycles. The third kappa shape index (κ3) is 2.71. The van der Waals surface area contributed by atoms with E-state index in [1.165, 1.54) is 0 Å². The molecule has 0 bridgehead atoms. The number of rotatable bonds is 3. The van der Waals surface area contributed by atoms with Crippen molar-refractivity contribution >= 4 is 22.9 Å². The lowest BCUT2D eigenvalue weighted by Crippen LogP contribution is -2.64. The fraction of sp³-hybridized carbons (Fsp3) is 0.500. The molecule has 146 valence electrons. The molecule has 0 atom stereocenters. The summed E-state index contributed by atoms with van der Waals surface area (Å²) in [6, 6.07) is 2.32. The molecular formula is C18H23N9O. The van der Waals surface area contributed by atoms with Crippen LogP contribution in [0, 0.1) is 0 Å². The number of fused-ring (bicyclic) bond motifs is 1. The molecule has 0 radical (unpaired) electrons. The van der Waals surface area contributed by atoms with Crippen molar-refractivity contribution in [3.05, 3.63) is 35.0 Å². The van der Waals surface area contributed by atoms with Crippen LogP contribution in [0.5, 0.6) is 0 Å². The Morgan fingerprint density at radius 3 is 2.43 bits per heavy atom. The quantitative estimate of drug-likeness (QED) is 0.598. The van der Waals surface area contributed by atoms with Gasteiger partial charge < -0.3 is 9.80 Å². The highest BCUT2D eigenvalue weighted by Crippen LogP contribution is 2.23. The first-order chi connectivity index (χ1) is 13.6. The van der Waals surface area contributed by atoms with Crippen LogP contribution < -0.4 is 15.4 Å². The number of aryl methyl sites for hydroxylation is 1. The highest BCUT2D eigenvalue weighted by molar-refractivity contribution is 5.74. The Morgan fingerprint density at radius 2 is 1.71 bits per heavy atom. The topological polar surface area (TPSA) is 88.2 Å². The van der Waals surface area contributed by atoms with Crippen molar-refractivity contribution in [3.8, 4) is 0 Å². The molecule has 0 N–H and O–H groups in total. The van der Waals surface area contributed by atoms with E-state index in [1.54, 1.807) is 34.9 Å². The Kier molecular flexibility index (Phi) is 4.00. The van der Waals surface area contributed by atoms with Gasteiger partial charge in [0.05, 0.1) is 6.20 Å². The van der Waals surface area contributed by atoms with E-state index >= 15 is 0 Å². The second kappa shape index (κ2) is 6.55. The standard InChI is InChI=1S/C18H23N9O/c1-23-16(28)14-10-21-24(2)15(14)22-18(23)27-11-13(12-27)25-6-8-26(9-7-25)17-19-4-3-5-20-17/h3-5,10,13H,6-9,11-12H2,1-2H3. The highest BCUT2D eigenvalue weighted by atomic mass is 16.1.